The van der Waals surface area contributed by atoms with Crippen molar-refractivity contribution in [2.24, 2.45) is 5.14 Å². The first-order valence-electron chi connectivity index (χ1n) is 3.74. The molecule has 0 aliphatic rings. The number of hydrogen-bond acceptors (Lipinski definition) is 3. The van der Waals surface area contributed by atoms with Crippen LogP contribution in [0.3, 0.4) is 0 Å². The van der Waals surface area contributed by atoms with Crippen LogP contribution < -0.4 is 10.9 Å². The van der Waals surface area contributed by atoms with Crippen LogP contribution in [-0.4, -0.2) is 8.42 Å². The lowest BCUT2D eigenvalue weighted by molar-refractivity contribution is 0.597. The quantitative estimate of drug-likeness (QED) is 0.676. The zero-order valence-corrected chi connectivity index (χ0v) is 8.14. The van der Waals surface area contributed by atoms with Gasteiger partial charge in [-0.05, 0) is 30.2 Å². The number of benzene rings is 1. The molecule has 72 valence electrons. The van der Waals surface area contributed by atoms with Gasteiger partial charge < -0.3 is 5.73 Å². The van der Waals surface area contributed by atoms with Crippen molar-refractivity contribution in [2.45, 2.75) is 12.7 Å². The zero-order valence-electron chi connectivity index (χ0n) is 7.32. The van der Waals surface area contributed by atoms with Crippen molar-refractivity contribution in [1.82, 2.24) is 0 Å². The molecular formula is C8H12N2O2S. The maximum absolute atomic E-state index is 10.8. The molecule has 0 atom stereocenters. The first-order valence-corrected chi connectivity index (χ1v) is 5.45. The van der Waals surface area contributed by atoms with E-state index in [0.717, 1.165) is 5.56 Å². The Hall–Kier alpha value is -1.07. The van der Waals surface area contributed by atoms with E-state index >= 15 is 0 Å². The summed E-state index contributed by atoms with van der Waals surface area (Å²) in [5.41, 5.74) is 7.59. The largest absolute Gasteiger partial charge is 0.399 e. The minimum Gasteiger partial charge on any atom is -0.399 e. The molecule has 0 saturated heterocycles. The predicted octanol–water partition coefficient (Wildman–Crippen LogP) is 0.366. The molecule has 0 fully saturated rings. The Kier molecular flexibility index (Phi) is 2.58. The lowest BCUT2D eigenvalue weighted by atomic mass is 10.1. The summed E-state index contributed by atoms with van der Waals surface area (Å²) in [5.74, 6) is -0.163. The Bertz CT molecular complexity index is 412. The fourth-order valence-electron chi connectivity index (χ4n) is 1.06. The molecule has 0 aromatic heterocycles. The summed E-state index contributed by atoms with van der Waals surface area (Å²) < 4.78 is 21.6. The SMILES string of the molecule is Cc1ccc(N)cc1CS(N)(=O)=O. The Morgan fingerprint density at radius 2 is 2.00 bits per heavy atom. The van der Waals surface area contributed by atoms with Crippen LogP contribution in [0.25, 0.3) is 0 Å². The number of anilines is 1. The van der Waals surface area contributed by atoms with Gasteiger partial charge >= 0.3 is 0 Å². The standard InChI is InChI=1S/C8H12N2O2S/c1-6-2-3-8(9)4-7(6)5-13(10,11)12/h2-4H,5,9H2,1H3,(H2,10,11,12). The highest BCUT2D eigenvalue weighted by atomic mass is 32.2. The van der Waals surface area contributed by atoms with E-state index in [-0.39, 0.29) is 5.75 Å². The summed E-state index contributed by atoms with van der Waals surface area (Å²) in [6.07, 6.45) is 0. The molecule has 4 nitrogen and oxygen atoms in total. The van der Waals surface area contributed by atoms with Gasteiger partial charge in [0, 0.05) is 5.69 Å². The lowest BCUT2D eigenvalue weighted by Gasteiger charge is -2.04. The molecule has 1 rings (SSSR count). The predicted molar refractivity (Wildman–Crippen MR) is 52.4 cm³/mol. The number of hydrogen-bond donors (Lipinski definition) is 2. The van der Waals surface area contributed by atoms with Crippen LogP contribution in [0.15, 0.2) is 18.2 Å². The van der Waals surface area contributed by atoms with Crippen LogP contribution in [0, 0.1) is 6.92 Å². The van der Waals surface area contributed by atoms with Gasteiger partial charge in [0.15, 0.2) is 0 Å². The summed E-state index contributed by atoms with van der Waals surface area (Å²) >= 11 is 0. The maximum atomic E-state index is 10.8. The van der Waals surface area contributed by atoms with Crippen molar-refractivity contribution >= 4 is 15.7 Å². The molecule has 13 heavy (non-hydrogen) atoms. The molecule has 1 aromatic carbocycles. The van der Waals surface area contributed by atoms with Crippen LogP contribution >= 0.6 is 0 Å². The minimum atomic E-state index is -3.47. The third-order valence-corrected chi connectivity index (χ3v) is 2.44. The summed E-state index contributed by atoms with van der Waals surface area (Å²) in [6.45, 7) is 1.82. The summed E-state index contributed by atoms with van der Waals surface area (Å²) in [7, 11) is -3.47. The van der Waals surface area contributed by atoms with E-state index in [4.69, 9.17) is 10.9 Å². The van der Waals surface area contributed by atoms with Gasteiger partial charge in [0.25, 0.3) is 0 Å². The second-order valence-electron chi connectivity index (χ2n) is 2.99. The number of primary sulfonamides is 1. The highest BCUT2D eigenvalue weighted by Crippen LogP contribution is 2.14. The van der Waals surface area contributed by atoms with Crippen molar-refractivity contribution in [3.63, 3.8) is 0 Å². The summed E-state index contributed by atoms with van der Waals surface area (Å²) in [4.78, 5) is 0. The number of rotatable bonds is 2. The van der Waals surface area contributed by atoms with E-state index < -0.39 is 10.0 Å². The summed E-state index contributed by atoms with van der Waals surface area (Å²) in [5, 5.41) is 4.92. The molecule has 0 radical (unpaired) electrons. The van der Waals surface area contributed by atoms with Crippen LogP contribution in [0.4, 0.5) is 5.69 Å². The monoisotopic (exact) mass is 200 g/mol. The normalized spacial score (nSPS) is 11.5. The third kappa shape index (κ3) is 3.04. The fourth-order valence-corrected chi connectivity index (χ4v) is 1.81. The van der Waals surface area contributed by atoms with Gasteiger partial charge in [0.1, 0.15) is 0 Å². The highest BCUT2D eigenvalue weighted by Gasteiger charge is 2.07. The maximum Gasteiger partial charge on any atom is 0.213 e. The van der Waals surface area contributed by atoms with Crippen LogP contribution in [0.1, 0.15) is 11.1 Å². The second-order valence-corrected chi connectivity index (χ2v) is 4.61. The van der Waals surface area contributed by atoms with E-state index in [9.17, 15) is 8.42 Å². The molecular weight excluding hydrogens is 188 g/mol. The van der Waals surface area contributed by atoms with Gasteiger partial charge in [0.2, 0.25) is 10.0 Å². The molecule has 0 saturated carbocycles. The topological polar surface area (TPSA) is 86.2 Å². The van der Waals surface area contributed by atoms with Crippen molar-refractivity contribution in [2.75, 3.05) is 5.73 Å². The van der Waals surface area contributed by atoms with E-state index in [2.05, 4.69) is 0 Å². The lowest BCUT2D eigenvalue weighted by Crippen LogP contribution is -2.15. The number of nitrogen functional groups attached to an aromatic ring is 1. The third-order valence-electron chi connectivity index (χ3n) is 1.73. The summed E-state index contributed by atoms with van der Waals surface area (Å²) in [6, 6.07) is 5.12. The van der Waals surface area contributed by atoms with E-state index in [1.807, 2.05) is 6.92 Å². The van der Waals surface area contributed by atoms with Gasteiger partial charge in [-0.1, -0.05) is 6.07 Å². The molecule has 0 heterocycles. The molecule has 0 spiro atoms. The van der Waals surface area contributed by atoms with Crippen molar-refractivity contribution in [3.05, 3.63) is 29.3 Å². The Morgan fingerprint density at radius 3 is 2.54 bits per heavy atom. The van der Waals surface area contributed by atoms with Crippen molar-refractivity contribution in [1.29, 1.82) is 0 Å². The van der Waals surface area contributed by atoms with E-state index in [1.165, 1.54) is 0 Å². The number of aryl methyl sites for hydroxylation is 1. The molecule has 0 aliphatic carbocycles. The molecule has 1 aromatic rings. The van der Waals surface area contributed by atoms with Gasteiger partial charge in [-0.25, -0.2) is 13.6 Å². The van der Waals surface area contributed by atoms with Crippen LogP contribution in [0.5, 0.6) is 0 Å². The van der Waals surface area contributed by atoms with Gasteiger partial charge in [-0.2, -0.15) is 0 Å². The molecule has 4 N–H and O–H groups in total. The van der Waals surface area contributed by atoms with Crippen LogP contribution in [0.2, 0.25) is 0 Å². The zero-order chi connectivity index (χ0) is 10.1. The Balaban J connectivity index is 3.08. The second kappa shape index (κ2) is 3.35. The van der Waals surface area contributed by atoms with E-state index in [1.54, 1.807) is 18.2 Å². The average Bonchev–Trinajstić information content (AvgIpc) is 1.94. The average molecular weight is 200 g/mol. The first-order chi connectivity index (χ1) is 5.88. The van der Waals surface area contributed by atoms with Crippen molar-refractivity contribution in [3.8, 4) is 0 Å². The molecule has 5 heteroatoms. The van der Waals surface area contributed by atoms with Crippen molar-refractivity contribution < 1.29 is 8.42 Å². The van der Waals surface area contributed by atoms with Gasteiger partial charge in [-0.15, -0.1) is 0 Å². The molecule has 0 aliphatic heterocycles. The number of sulfonamides is 1. The Morgan fingerprint density at radius 1 is 1.38 bits per heavy atom. The Labute approximate surface area is 77.6 Å². The van der Waals surface area contributed by atoms with Gasteiger partial charge in [-0.3, -0.25) is 0 Å². The fraction of sp³-hybridized carbons (Fsp3) is 0.250. The molecule has 0 bridgehead atoms. The smallest absolute Gasteiger partial charge is 0.213 e. The molecule has 0 unspecified atom stereocenters. The van der Waals surface area contributed by atoms with Crippen LogP contribution in [-0.2, 0) is 15.8 Å². The number of nitrogens with two attached hydrogens (primary N) is 2. The molecule has 0 amide bonds. The minimum absolute atomic E-state index is 0.163. The first kappa shape index (κ1) is 10.0. The van der Waals surface area contributed by atoms with Gasteiger partial charge in [0.05, 0.1) is 5.75 Å². The van der Waals surface area contributed by atoms with E-state index in [0.29, 0.717) is 11.3 Å². The highest BCUT2D eigenvalue weighted by molar-refractivity contribution is 7.88.